The average molecular weight is 380 g/mol. The molecule has 148 valence electrons. The van der Waals surface area contributed by atoms with Crippen LogP contribution < -0.4 is 10.6 Å². The van der Waals surface area contributed by atoms with Crippen molar-refractivity contribution in [2.24, 2.45) is 10.9 Å². The number of piperazine rings is 1. The monoisotopic (exact) mass is 379 g/mol. The molecule has 1 fully saturated rings. The van der Waals surface area contributed by atoms with E-state index >= 15 is 0 Å². The van der Waals surface area contributed by atoms with E-state index in [0.29, 0.717) is 11.8 Å². The zero-order valence-electron chi connectivity index (χ0n) is 17.0. The Hall–Kier alpha value is -1.11. The Morgan fingerprint density at radius 3 is 2.50 bits per heavy atom. The molecule has 2 atom stereocenters. The standard InChI is InChI=1S/C20H37N5S/c1-5-21-20(23-14-18(4)19-7-12-26-16-19)22-13-17(3)15-25-10-8-24(6-2)9-11-25/h7,12,16-18H,5-6,8-11,13-15H2,1-4H3,(H2,21,22,23). The van der Waals surface area contributed by atoms with Crippen molar-refractivity contribution in [3.05, 3.63) is 22.4 Å². The summed E-state index contributed by atoms with van der Waals surface area (Å²) in [5.74, 6) is 2.02. The van der Waals surface area contributed by atoms with Crippen LogP contribution in [-0.4, -0.2) is 74.7 Å². The second kappa shape index (κ2) is 11.6. The molecular weight excluding hydrogens is 342 g/mol. The molecular formula is C20H37N5S. The van der Waals surface area contributed by atoms with E-state index in [1.807, 2.05) is 0 Å². The highest BCUT2D eigenvalue weighted by atomic mass is 32.1. The lowest BCUT2D eigenvalue weighted by atomic mass is 10.1. The fraction of sp³-hybridized carbons (Fsp3) is 0.750. The number of aliphatic imine (C=N–C) groups is 1. The minimum absolute atomic E-state index is 0.498. The predicted molar refractivity (Wildman–Crippen MR) is 114 cm³/mol. The number of hydrogen-bond donors (Lipinski definition) is 2. The van der Waals surface area contributed by atoms with Crippen molar-refractivity contribution in [1.82, 2.24) is 20.4 Å². The van der Waals surface area contributed by atoms with Gasteiger partial charge in [0.2, 0.25) is 0 Å². The van der Waals surface area contributed by atoms with E-state index in [0.717, 1.165) is 32.1 Å². The largest absolute Gasteiger partial charge is 0.357 e. The minimum Gasteiger partial charge on any atom is -0.357 e. The Labute approximate surface area is 163 Å². The number of nitrogens with zero attached hydrogens (tertiary/aromatic N) is 3. The summed E-state index contributed by atoms with van der Waals surface area (Å²) >= 11 is 1.76. The lowest BCUT2D eigenvalue weighted by Crippen LogP contribution is -2.47. The van der Waals surface area contributed by atoms with Crippen molar-refractivity contribution in [1.29, 1.82) is 0 Å². The lowest BCUT2D eigenvalue weighted by molar-refractivity contribution is 0.125. The summed E-state index contributed by atoms with van der Waals surface area (Å²) in [6.45, 7) is 18.7. The quantitative estimate of drug-likeness (QED) is 0.511. The van der Waals surface area contributed by atoms with Crippen molar-refractivity contribution in [3.8, 4) is 0 Å². The molecule has 1 aliphatic heterocycles. The van der Waals surface area contributed by atoms with Crippen LogP contribution >= 0.6 is 11.3 Å². The zero-order chi connectivity index (χ0) is 18.8. The number of rotatable bonds is 9. The van der Waals surface area contributed by atoms with Crippen molar-refractivity contribution in [3.63, 3.8) is 0 Å². The number of guanidine groups is 1. The summed E-state index contributed by atoms with van der Waals surface area (Å²) < 4.78 is 0. The van der Waals surface area contributed by atoms with Crippen LogP contribution in [0.3, 0.4) is 0 Å². The van der Waals surface area contributed by atoms with Crippen LogP contribution in [0.25, 0.3) is 0 Å². The van der Waals surface area contributed by atoms with Gasteiger partial charge in [0.25, 0.3) is 0 Å². The van der Waals surface area contributed by atoms with Gasteiger partial charge in [-0.15, -0.1) is 0 Å². The van der Waals surface area contributed by atoms with Gasteiger partial charge >= 0.3 is 0 Å². The number of likely N-dealkylation sites (N-methyl/N-ethyl adjacent to an activating group) is 1. The molecule has 0 aromatic carbocycles. The Morgan fingerprint density at radius 1 is 1.15 bits per heavy atom. The first-order valence-corrected chi connectivity index (χ1v) is 11.1. The van der Waals surface area contributed by atoms with Crippen molar-refractivity contribution >= 4 is 17.3 Å². The van der Waals surface area contributed by atoms with Gasteiger partial charge in [0.1, 0.15) is 0 Å². The molecule has 0 spiro atoms. The van der Waals surface area contributed by atoms with Gasteiger partial charge in [0.15, 0.2) is 5.96 Å². The molecule has 2 unspecified atom stereocenters. The number of nitrogens with one attached hydrogen (secondary N) is 2. The first-order valence-electron chi connectivity index (χ1n) is 10.1. The van der Waals surface area contributed by atoms with Crippen LogP contribution in [0.5, 0.6) is 0 Å². The molecule has 1 aliphatic rings. The topological polar surface area (TPSA) is 42.9 Å². The zero-order valence-corrected chi connectivity index (χ0v) is 17.8. The van der Waals surface area contributed by atoms with Gasteiger partial charge in [0.05, 0.1) is 0 Å². The Kier molecular flexibility index (Phi) is 9.43. The Morgan fingerprint density at radius 2 is 1.88 bits per heavy atom. The second-order valence-electron chi connectivity index (χ2n) is 7.40. The highest BCUT2D eigenvalue weighted by Crippen LogP contribution is 2.17. The van der Waals surface area contributed by atoms with Gasteiger partial charge < -0.3 is 20.4 Å². The molecule has 0 bridgehead atoms. The molecule has 0 radical (unpaired) electrons. The summed E-state index contributed by atoms with van der Waals surface area (Å²) in [7, 11) is 0. The van der Waals surface area contributed by atoms with E-state index in [9.17, 15) is 0 Å². The predicted octanol–water partition coefficient (Wildman–Crippen LogP) is 2.68. The molecule has 2 heterocycles. The molecule has 1 aromatic heterocycles. The van der Waals surface area contributed by atoms with Crippen molar-refractivity contribution < 1.29 is 0 Å². The van der Waals surface area contributed by atoms with Crippen molar-refractivity contribution in [2.45, 2.75) is 33.6 Å². The summed E-state index contributed by atoms with van der Waals surface area (Å²) in [6, 6.07) is 2.21. The van der Waals surface area contributed by atoms with E-state index < -0.39 is 0 Å². The number of thiophene rings is 1. The normalized spacial score (nSPS) is 19.3. The van der Waals surface area contributed by atoms with Gasteiger partial charge in [-0.2, -0.15) is 11.3 Å². The first-order chi connectivity index (χ1) is 12.6. The Bertz CT molecular complexity index is 508. The maximum absolute atomic E-state index is 4.82. The third-order valence-corrected chi connectivity index (χ3v) is 5.78. The molecule has 0 saturated carbocycles. The van der Waals surface area contributed by atoms with E-state index in [-0.39, 0.29) is 0 Å². The summed E-state index contributed by atoms with van der Waals surface area (Å²) in [5, 5.41) is 11.3. The fourth-order valence-electron chi connectivity index (χ4n) is 3.30. The minimum atomic E-state index is 0.498. The third-order valence-electron chi connectivity index (χ3n) is 5.08. The Balaban J connectivity index is 1.74. The molecule has 6 heteroatoms. The van der Waals surface area contributed by atoms with Gasteiger partial charge in [0, 0.05) is 52.4 Å². The molecule has 1 aromatic rings. The maximum Gasteiger partial charge on any atom is 0.191 e. The molecule has 1 saturated heterocycles. The summed E-state index contributed by atoms with van der Waals surface area (Å²) in [6.07, 6.45) is 0. The smallest absolute Gasteiger partial charge is 0.191 e. The molecule has 2 N–H and O–H groups in total. The first kappa shape index (κ1) is 21.2. The van der Waals surface area contributed by atoms with Crippen LogP contribution in [-0.2, 0) is 0 Å². The van der Waals surface area contributed by atoms with Gasteiger partial charge in [-0.25, -0.2) is 0 Å². The maximum atomic E-state index is 4.82. The molecule has 0 amide bonds. The van der Waals surface area contributed by atoms with Crippen LogP contribution in [0.1, 0.15) is 39.2 Å². The van der Waals surface area contributed by atoms with E-state index in [2.05, 4.69) is 65.0 Å². The molecule has 2 rings (SSSR count). The van der Waals surface area contributed by atoms with Gasteiger partial charge in [-0.3, -0.25) is 4.99 Å². The van der Waals surface area contributed by atoms with Crippen LogP contribution in [0.4, 0.5) is 0 Å². The van der Waals surface area contributed by atoms with Crippen LogP contribution in [0.2, 0.25) is 0 Å². The van der Waals surface area contributed by atoms with Gasteiger partial charge in [-0.05, 0) is 47.7 Å². The molecule has 0 aliphatic carbocycles. The van der Waals surface area contributed by atoms with E-state index in [1.54, 1.807) is 11.3 Å². The van der Waals surface area contributed by atoms with Gasteiger partial charge in [-0.1, -0.05) is 20.8 Å². The van der Waals surface area contributed by atoms with E-state index in [1.165, 1.54) is 38.3 Å². The van der Waals surface area contributed by atoms with Crippen LogP contribution in [0, 0.1) is 5.92 Å². The second-order valence-corrected chi connectivity index (χ2v) is 8.18. The van der Waals surface area contributed by atoms with Crippen molar-refractivity contribution in [2.75, 3.05) is 58.9 Å². The average Bonchev–Trinajstić information content (AvgIpc) is 3.19. The fourth-order valence-corrected chi connectivity index (χ4v) is 4.08. The summed E-state index contributed by atoms with van der Waals surface area (Å²) in [4.78, 5) is 9.94. The number of hydrogen-bond acceptors (Lipinski definition) is 4. The highest BCUT2D eigenvalue weighted by molar-refractivity contribution is 7.07. The summed E-state index contributed by atoms with van der Waals surface area (Å²) in [5.41, 5.74) is 1.40. The highest BCUT2D eigenvalue weighted by Gasteiger charge is 2.17. The molecule has 26 heavy (non-hydrogen) atoms. The molecule has 5 nitrogen and oxygen atoms in total. The van der Waals surface area contributed by atoms with Crippen LogP contribution in [0.15, 0.2) is 21.8 Å². The SMILES string of the molecule is CCNC(=NCC(C)CN1CCN(CC)CC1)NCC(C)c1ccsc1. The third kappa shape index (κ3) is 7.25. The van der Waals surface area contributed by atoms with E-state index in [4.69, 9.17) is 4.99 Å². The lowest BCUT2D eigenvalue weighted by Gasteiger charge is -2.35.